The molecule has 8 nitrogen and oxygen atoms in total. The predicted molar refractivity (Wildman–Crippen MR) is 131 cm³/mol. The minimum Gasteiger partial charge on any atom is -0.465 e. The number of carbonyl (C=O) groups is 2. The molecule has 1 atom stereocenters. The molecule has 0 saturated carbocycles. The summed E-state index contributed by atoms with van der Waals surface area (Å²) in [6, 6.07) is 11.7. The van der Waals surface area contributed by atoms with Crippen molar-refractivity contribution in [2.45, 2.75) is 38.1 Å². The minimum absolute atomic E-state index is 0.134. The van der Waals surface area contributed by atoms with Gasteiger partial charge < -0.3 is 9.72 Å². The van der Waals surface area contributed by atoms with Gasteiger partial charge in [-0.05, 0) is 57.0 Å². The van der Waals surface area contributed by atoms with Gasteiger partial charge in [-0.15, -0.1) is 10.2 Å². The number of nitrogens with zero attached hydrogens (tertiary/aromatic N) is 4. The number of pyridine rings is 1. The van der Waals surface area contributed by atoms with E-state index in [9.17, 15) is 9.59 Å². The van der Waals surface area contributed by atoms with Gasteiger partial charge in [0.25, 0.3) is 0 Å². The molecule has 0 radical (unpaired) electrons. The quantitative estimate of drug-likeness (QED) is 0.234. The van der Waals surface area contributed by atoms with E-state index in [0.717, 1.165) is 16.8 Å². The van der Waals surface area contributed by atoms with Crippen LogP contribution in [0.15, 0.2) is 53.9 Å². The van der Waals surface area contributed by atoms with Crippen molar-refractivity contribution in [2.24, 2.45) is 0 Å². The van der Waals surface area contributed by atoms with Crippen LogP contribution in [-0.2, 0) is 4.74 Å². The molecule has 0 fully saturated rings. The third-order valence-electron chi connectivity index (χ3n) is 5.65. The van der Waals surface area contributed by atoms with Crippen molar-refractivity contribution >= 4 is 23.5 Å². The van der Waals surface area contributed by atoms with Crippen LogP contribution in [0.3, 0.4) is 0 Å². The second-order valence-electron chi connectivity index (χ2n) is 7.90. The van der Waals surface area contributed by atoms with Crippen LogP contribution in [0.25, 0.3) is 17.1 Å². The lowest BCUT2D eigenvalue weighted by molar-refractivity contribution is 0.0599. The van der Waals surface area contributed by atoms with E-state index in [1.165, 1.54) is 18.9 Å². The monoisotopic (exact) mass is 475 g/mol. The van der Waals surface area contributed by atoms with E-state index in [1.54, 1.807) is 26.2 Å². The molecule has 4 aromatic rings. The van der Waals surface area contributed by atoms with Gasteiger partial charge in [0.05, 0.1) is 29.3 Å². The number of methoxy groups -OCH3 is 1. The van der Waals surface area contributed by atoms with Crippen LogP contribution < -0.4 is 0 Å². The molecular weight excluding hydrogens is 450 g/mol. The summed E-state index contributed by atoms with van der Waals surface area (Å²) in [5.74, 6) is 0.0659. The molecule has 174 valence electrons. The van der Waals surface area contributed by atoms with Gasteiger partial charge in [-0.2, -0.15) is 0 Å². The van der Waals surface area contributed by atoms with Gasteiger partial charge in [-0.3, -0.25) is 14.3 Å². The van der Waals surface area contributed by atoms with Crippen molar-refractivity contribution in [1.82, 2.24) is 24.7 Å². The van der Waals surface area contributed by atoms with Crippen LogP contribution in [0, 0.1) is 20.8 Å². The fraction of sp³-hybridized carbons (Fsp3) is 0.240. The maximum atomic E-state index is 13.4. The number of nitrogens with one attached hydrogen (secondary N) is 1. The number of thioether (sulfide) groups is 1. The summed E-state index contributed by atoms with van der Waals surface area (Å²) < 4.78 is 6.83. The van der Waals surface area contributed by atoms with Crippen molar-refractivity contribution in [2.75, 3.05) is 7.11 Å². The third kappa shape index (κ3) is 4.26. The number of hydrogen-bond acceptors (Lipinski definition) is 7. The number of hydrogen-bond donors (Lipinski definition) is 1. The maximum Gasteiger partial charge on any atom is 0.339 e. The van der Waals surface area contributed by atoms with Gasteiger partial charge >= 0.3 is 5.97 Å². The van der Waals surface area contributed by atoms with E-state index in [1.807, 2.05) is 54.8 Å². The summed E-state index contributed by atoms with van der Waals surface area (Å²) in [5, 5.41) is 8.98. The molecule has 0 amide bonds. The summed E-state index contributed by atoms with van der Waals surface area (Å²) >= 11 is 1.32. The van der Waals surface area contributed by atoms with Crippen LogP contribution in [-0.4, -0.2) is 48.8 Å². The molecule has 0 bridgehead atoms. The summed E-state index contributed by atoms with van der Waals surface area (Å²) in [7, 11) is 1.33. The Morgan fingerprint density at radius 1 is 1.06 bits per heavy atom. The molecule has 3 aromatic heterocycles. The van der Waals surface area contributed by atoms with Crippen molar-refractivity contribution in [3.8, 4) is 17.1 Å². The Morgan fingerprint density at radius 3 is 2.44 bits per heavy atom. The number of aromatic amines is 1. The topological polar surface area (TPSA) is 103 Å². The first-order valence-electron chi connectivity index (χ1n) is 10.7. The molecule has 0 aliphatic carbocycles. The van der Waals surface area contributed by atoms with E-state index in [2.05, 4.69) is 20.2 Å². The van der Waals surface area contributed by atoms with Crippen LogP contribution in [0.5, 0.6) is 0 Å². The maximum absolute atomic E-state index is 13.4. The number of ketones is 1. The molecule has 9 heteroatoms. The van der Waals surface area contributed by atoms with E-state index < -0.39 is 11.2 Å². The second-order valence-corrected chi connectivity index (χ2v) is 9.21. The molecule has 0 aliphatic rings. The molecular formula is C25H25N5O3S. The van der Waals surface area contributed by atoms with Crippen LogP contribution in [0.1, 0.15) is 44.6 Å². The molecule has 0 spiro atoms. The molecule has 1 aromatic carbocycles. The van der Waals surface area contributed by atoms with Crippen molar-refractivity contribution in [1.29, 1.82) is 0 Å². The molecule has 34 heavy (non-hydrogen) atoms. The lowest BCUT2D eigenvalue weighted by atomic mass is 10.1. The number of Topliss-reactive ketones (excluding diaryl/α,β-unsaturated/α-hetero) is 1. The number of esters is 1. The van der Waals surface area contributed by atoms with Crippen molar-refractivity contribution in [3.63, 3.8) is 0 Å². The highest BCUT2D eigenvalue weighted by atomic mass is 32.2. The van der Waals surface area contributed by atoms with Gasteiger partial charge in [0.1, 0.15) is 0 Å². The Bertz CT molecular complexity index is 1360. The van der Waals surface area contributed by atoms with Crippen LogP contribution >= 0.6 is 11.8 Å². The number of H-pyrrole nitrogens is 1. The minimum atomic E-state index is -0.487. The van der Waals surface area contributed by atoms with Gasteiger partial charge in [-0.1, -0.05) is 30.0 Å². The number of ether oxygens (including phenoxy) is 1. The highest BCUT2D eigenvalue weighted by Crippen LogP contribution is 2.33. The Hall–Kier alpha value is -3.72. The third-order valence-corrected chi connectivity index (χ3v) is 6.70. The number of rotatable bonds is 7. The SMILES string of the molecule is COC(=O)c1c(C)[nH]c(C(=O)C(C)Sc2nnc(-c3ccncc3)n2-c2ccccc2C)c1C. The summed E-state index contributed by atoms with van der Waals surface area (Å²) in [6.07, 6.45) is 3.42. The van der Waals surface area contributed by atoms with E-state index >= 15 is 0 Å². The van der Waals surface area contributed by atoms with Crippen LogP contribution in [0.2, 0.25) is 0 Å². The zero-order chi connectivity index (χ0) is 24.4. The normalized spacial score (nSPS) is 11.9. The van der Waals surface area contributed by atoms with Crippen LogP contribution in [0.4, 0.5) is 0 Å². The number of aryl methyl sites for hydroxylation is 2. The fourth-order valence-electron chi connectivity index (χ4n) is 3.89. The van der Waals surface area contributed by atoms with Gasteiger partial charge in [-0.25, -0.2) is 4.79 Å². The van der Waals surface area contributed by atoms with E-state index in [4.69, 9.17) is 4.74 Å². The molecule has 1 unspecified atom stereocenters. The Morgan fingerprint density at radius 2 is 1.76 bits per heavy atom. The van der Waals surface area contributed by atoms with Crippen molar-refractivity contribution in [3.05, 3.63) is 76.9 Å². The number of aromatic nitrogens is 5. The Balaban J connectivity index is 1.72. The average Bonchev–Trinajstić information content (AvgIpc) is 3.39. The average molecular weight is 476 g/mol. The highest BCUT2D eigenvalue weighted by Gasteiger charge is 2.28. The Labute approximate surface area is 201 Å². The number of para-hydroxylation sites is 1. The fourth-order valence-corrected chi connectivity index (χ4v) is 4.80. The van der Waals surface area contributed by atoms with Gasteiger partial charge in [0.2, 0.25) is 0 Å². The Kier molecular flexibility index (Phi) is 6.65. The molecule has 4 rings (SSSR count). The first-order chi connectivity index (χ1) is 16.3. The largest absolute Gasteiger partial charge is 0.465 e. The lowest BCUT2D eigenvalue weighted by Crippen LogP contribution is -2.16. The first kappa shape index (κ1) is 23.4. The summed E-state index contributed by atoms with van der Waals surface area (Å²) in [4.78, 5) is 32.7. The predicted octanol–water partition coefficient (Wildman–Crippen LogP) is 4.73. The molecule has 3 heterocycles. The zero-order valence-electron chi connectivity index (χ0n) is 19.6. The van der Waals surface area contributed by atoms with Crippen molar-refractivity contribution < 1.29 is 14.3 Å². The number of benzene rings is 1. The molecule has 1 N–H and O–H groups in total. The van der Waals surface area contributed by atoms with Gasteiger partial charge in [0.15, 0.2) is 16.8 Å². The zero-order valence-corrected chi connectivity index (χ0v) is 20.4. The highest BCUT2D eigenvalue weighted by molar-refractivity contribution is 8.00. The van der Waals surface area contributed by atoms with E-state index in [0.29, 0.717) is 33.5 Å². The van der Waals surface area contributed by atoms with E-state index in [-0.39, 0.29) is 5.78 Å². The number of carbonyl (C=O) groups excluding carboxylic acids is 2. The van der Waals surface area contributed by atoms with Gasteiger partial charge in [0, 0.05) is 23.7 Å². The summed E-state index contributed by atoms with van der Waals surface area (Å²) in [6.45, 7) is 7.35. The smallest absolute Gasteiger partial charge is 0.339 e. The second kappa shape index (κ2) is 9.64. The summed E-state index contributed by atoms with van der Waals surface area (Å²) in [5.41, 5.74) is 4.83. The molecule has 0 saturated heterocycles. The standard InChI is InChI=1S/C25H25N5O3S/c1-14-8-6-7-9-19(14)30-23(18-10-12-26-13-11-18)28-29-25(30)34-17(4)22(31)21-15(2)20(16(3)27-21)24(32)33-5/h6-13,17,27H,1-5H3. The molecule has 0 aliphatic heterocycles. The lowest BCUT2D eigenvalue weighted by Gasteiger charge is -2.15. The first-order valence-corrected chi connectivity index (χ1v) is 11.6.